The van der Waals surface area contributed by atoms with Crippen LogP contribution >= 0.6 is 0 Å². The Kier molecular flexibility index (Phi) is 8.53. The minimum atomic E-state index is -1.32. The molecule has 0 bridgehead atoms. The van der Waals surface area contributed by atoms with E-state index in [0.29, 0.717) is 24.2 Å². The van der Waals surface area contributed by atoms with E-state index in [-0.39, 0.29) is 13.2 Å². The Morgan fingerprint density at radius 3 is 2.42 bits per heavy atom. The second-order valence-electron chi connectivity index (χ2n) is 9.52. The van der Waals surface area contributed by atoms with Crippen molar-refractivity contribution in [3.05, 3.63) is 62.9 Å². The van der Waals surface area contributed by atoms with Crippen LogP contribution in [0.5, 0.6) is 5.75 Å². The van der Waals surface area contributed by atoms with Crippen molar-refractivity contribution in [2.45, 2.75) is 63.5 Å². The number of ether oxygens (including phenoxy) is 2. The van der Waals surface area contributed by atoms with E-state index in [4.69, 9.17) is 9.47 Å². The molecule has 5 N–H and O–H groups in total. The predicted molar refractivity (Wildman–Crippen MR) is 129 cm³/mol. The number of hydrogen-bond acceptors (Lipinski definition) is 8. The van der Waals surface area contributed by atoms with Crippen molar-refractivity contribution in [1.29, 1.82) is 0 Å². The van der Waals surface area contributed by atoms with Gasteiger partial charge < -0.3 is 30.3 Å². The number of alkyl carbamates (subject to hydrolysis) is 1. The fourth-order valence-corrected chi connectivity index (χ4v) is 3.90. The molecule has 2 amide bonds. The minimum Gasteiger partial charge on any atom is -0.492 e. The molecule has 1 fully saturated rings. The lowest BCUT2D eigenvalue weighted by Crippen LogP contribution is -2.55. The maximum Gasteiger partial charge on any atom is 0.407 e. The Labute approximate surface area is 207 Å². The van der Waals surface area contributed by atoms with Crippen LogP contribution in [0.15, 0.2) is 46.1 Å². The van der Waals surface area contributed by atoms with Gasteiger partial charge in [0.1, 0.15) is 30.2 Å². The highest BCUT2D eigenvalue weighted by atomic mass is 16.6. The summed E-state index contributed by atoms with van der Waals surface area (Å²) in [6, 6.07) is 6.02. The molecule has 0 spiro atoms. The normalized spacial score (nSPS) is 21.9. The van der Waals surface area contributed by atoms with Gasteiger partial charge in [-0.25, -0.2) is 9.59 Å². The molecule has 0 radical (unpaired) electrons. The van der Waals surface area contributed by atoms with Gasteiger partial charge in [-0.1, -0.05) is 0 Å². The summed E-state index contributed by atoms with van der Waals surface area (Å²) in [6.45, 7) is 5.76. The van der Waals surface area contributed by atoms with Crippen LogP contribution < -0.4 is 26.6 Å². The fourth-order valence-electron chi connectivity index (χ4n) is 3.90. The van der Waals surface area contributed by atoms with Crippen molar-refractivity contribution >= 4 is 12.0 Å². The third-order valence-electron chi connectivity index (χ3n) is 5.61. The standard InChI is InChI=1S/C24H32N4O8/c1-24(2,3)36-23(34)25-11-13-35-15-6-4-14(5-7-15)21(32)26-16-8-9-17(20(31)19(16)30)28-12-10-18(29)27-22(28)33/h4-7,10,12,16-17,19-20,30-31H,8-9,11,13H2,1-3H3,(H,25,34)(H,26,32)(H,27,29,33)/t16-,17-,19-,20+/m1/s1. The Bertz CT molecular complexity index is 1170. The van der Waals surface area contributed by atoms with Crippen LogP contribution in [0.3, 0.4) is 0 Å². The molecular weight excluding hydrogens is 472 g/mol. The molecule has 0 aliphatic heterocycles. The summed E-state index contributed by atoms with van der Waals surface area (Å²) < 4.78 is 11.9. The number of aliphatic hydroxyl groups excluding tert-OH is 2. The molecule has 1 aromatic heterocycles. The number of aromatic amines is 1. The van der Waals surface area contributed by atoms with Gasteiger partial charge in [-0.3, -0.25) is 19.1 Å². The molecule has 4 atom stereocenters. The average molecular weight is 505 g/mol. The first kappa shape index (κ1) is 27.0. The van der Waals surface area contributed by atoms with Gasteiger partial charge >= 0.3 is 11.8 Å². The van der Waals surface area contributed by atoms with E-state index in [1.165, 1.54) is 16.8 Å². The summed E-state index contributed by atoms with van der Waals surface area (Å²) in [4.78, 5) is 49.7. The molecule has 1 aliphatic rings. The van der Waals surface area contributed by atoms with E-state index < -0.39 is 53.1 Å². The van der Waals surface area contributed by atoms with Crippen molar-refractivity contribution in [1.82, 2.24) is 20.2 Å². The van der Waals surface area contributed by atoms with Crippen LogP contribution in [0.1, 0.15) is 50.0 Å². The highest BCUT2D eigenvalue weighted by Gasteiger charge is 2.39. The van der Waals surface area contributed by atoms with Crippen LogP contribution in [-0.4, -0.2) is 68.8 Å². The summed E-state index contributed by atoms with van der Waals surface area (Å²) in [6.07, 6.45) is -1.28. The van der Waals surface area contributed by atoms with E-state index in [9.17, 15) is 29.4 Å². The van der Waals surface area contributed by atoms with Gasteiger partial charge in [-0.2, -0.15) is 0 Å². The number of carbonyl (C=O) groups excluding carboxylic acids is 2. The number of benzene rings is 1. The first-order chi connectivity index (χ1) is 16.9. The summed E-state index contributed by atoms with van der Waals surface area (Å²) in [5.41, 5.74) is -1.49. The molecule has 3 rings (SSSR count). The number of carbonyl (C=O) groups is 2. The molecule has 1 heterocycles. The van der Waals surface area contributed by atoms with Crippen molar-refractivity contribution < 1.29 is 29.3 Å². The molecule has 1 aromatic carbocycles. The minimum absolute atomic E-state index is 0.205. The van der Waals surface area contributed by atoms with Crippen LogP contribution in [0.2, 0.25) is 0 Å². The van der Waals surface area contributed by atoms with Gasteiger partial charge in [0.05, 0.1) is 18.6 Å². The largest absolute Gasteiger partial charge is 0.492 e. The van der Waals surface area contributed by atoms with Crippen molar-refractivity contribution in [3.8, 4) is 5.75 Å². The second-order valence-corrected chi connectivity index (χ2v) is 9.52. The van der Waals surface area contributed by atoms with E-state index in [1.807, 2.05) is 0 Å². The molecular formula is C24H32N4O8. The highest BCUT2D eigenvalue weighted by molar-refractivity contribution is 5.94. The van der Waals surface area contributed by atoms with E-state index in [2.05, 4.69) is 15.6 Å². The molecule has 12 nitrogen and oxygen atoms in total. The fraction of sp³-hybridized carbons (Fsp3) is 0.500. The summed E-state index contributed by atoms with van der Waals surface area (Å²) in [5.74, 6) is 0.0592. The lowest BCUT2D eigenvalue weighted by molar-refractivity contribution is -0.0570. The number of nitrogens with zero attached hydrogens (tertiary/aromatic N) is 1. The van der Waals surface area contributed by atoms with E-state index in [0.717, 1.165) is 0 Å². The van der Waals surface area contributed by atoms with Crippen LogP contribution in [0.4, 0.5) is 4.79 Å². The number of rotatable bonds is 7. The molecule has 2 aromatic rings. The summed E-state index contributed by atoms with van der Waals surface area (Å²) in [5, 5.41) is 26.4. The zero-order valence-electron chi connectivity index (χ0n) is 20.4. The smallest absolute Gasteiger partial charge is 0.407 e. The van der Waals surface area contributed by atoms with Gasteiger partial charge in [0.15, 0.2) is 0 Å². The Morgan fingerprint density at radius 1 is 1.08 bits per heavy atom. The first-order valence-electron chi connectivity index (χ1n) is 11.6. The number of H-pyrrole nitrogens is 1. The van der Waals surface area contributed by atoms with Crippen LogP contribution in [0.25, 0.3) is 0 Å². The number of aromatic nitrogens is 2. The SMILES string of the molecule is CC(C)(C)OC(=O)NCCOc1ccc(C(=O)N[C@@H]2CC[C@@H](n3ccc(=O)[nH]c3=O)[C@H](O)[C@@H]2O)cc1. The highest BCUT2D eigenvalue weighted by Crippen LogP contribution is 2.28. The maximum atomic E-state index is 12.7. The lowest BCUT2D eigenvalue weighted by Gasteiger charge is -2.38. The zero-order chi connectivity index (χ0) is 26.5. The summed E-state index contributed by atoms with van der Waals surface area (Å²) in [7, 11) is 0. The number of aliphatic hydroxyl groups is 2. The predicted octanol–water partition coefficient (Wildman–Crippen LogP) is 0.295. The lowest BCUT2D eigenvalue weighted by atomic mass is 9.85. The molecule has 0 saturated heterocycles. The molecule has 12 heteroatoms. The van der Waals surface area contributed by atoms with Crippen molar-refractivity contribution in [2.24, 2.45) is 0 Å². The van der Waals surface area contributed by atoms with Gasteiger partial charge in [-0.15, -0.1) is 0 Å². The molecule has 1 aliphatic carbocycles. The molecule has 0 unspecified atom stereocenters. The topological polar surface area (TPSA) is 172 Å². The Hall–Kier alpha value is -3.64. The zero-order valence-corrected chi connectivity index (χ0v) is 20.4. The third kappa shape index (κ3) is 7.18. The van der Waals surface area contributed by atoms with Gasteiger partial charge in [0.2, 0.25) is 0 Å². The molecule has 36 heavy (non-hydrogen) atoms. The van der Waals surface area contributed by atoms with Gasteiger partial charge in [0.25, 0.3) is 11.5 Å². The quantitative estimate of drug-likeness (QED) is 0.335. The maximum absolute atomic E-state index is 12.7. The van der Waals surface area contributed by atoms with Crippen molar-refractivity contribution in [3.63, 3.8) is 0 Å². The molecule has 196 valence electrons. The number of nitrogens with one attached hydrogen (secondary N) is 3. The Morgan fingerprint density at radius 2 is 1.78 bits per heavy atom. The van der Waals surface area contributed by atoms with Crippen LogP contribution in [-0.2, 0) is 4.74 Å². The average Bonchev–Trinajstić information content (AvgIpc) is 2.80. The third-order valence-corrected chi connectivity index (χ3v) is 5.61. The molecule has 1 saturated carbocycles. The number of amides is 2. The van der Waals surface area contributed by atoms with E-state index in [1.54, 1.807) is 45.0 Å². The van der Waals surface area contributed by atoms with Gasteiger partial charge in [-0.05, 0) is 57.9 Å². The van der Waals surface area contributed by atoms with Crippen molar-refractivity contribution in [2.75, 3.05) is 13.2 Å². The summed E-state index contributed by atoms with van der Waals surface area (Å²) >= 11 is 0. The monoisotopic (exact) mass is 504 g/mol. The first-order valence-corrected chi connectivity index (χ1v) is 11.6. The Balaban J connectivity index is 1.49. The van der Waals surface area contributed by atoms with Crippen LogP contribution in [0, 0.1) is 0 Å². The number of hydrogen-bond donors (Lipinski definition) is 5. The van der Waals surface area contributed by atoms with Gasteiger partial charge in [0, 0.05) is 17.8 Å². The second kappa shape index (κ2) is 11.4. The van der Waals surface area contributed by atoms with E-state index >= 15 is 0 Å².